The average Bonchev–Trinajstić information content (AvgIpc) is 2.67. The summed E-state index contributed by atoms with van der Waals surface area (Å²) < 4.78 is 5.81. The molecule has 1 fully saturated rings. The maximum atomic E-state index is 12.6. The molecular formula is C22H27N3O3. The molecule has 0 radical (unpaired) electrons. The molecule has 0 spiro atoms. The molecule has 0 aliphatic carbocycles. The van der Waals surface area contributed by atoms with Gasteiger partial charge in [0.05, 0.1) is 30.1 Å². The van der Waals surface area contributed by atoms with Crippen molar-refractivity contribution in [3.05, 3.63) is 60.2 Å². The topological polar surface area (TPSA) is 61.9 Å². The van der Waals surface area contributed by atoms with Crippen molar-refractivity contribution in [3.63, 3.8) is 0 Å². The van der Waals surface area contributed by atoms with Crippen LogP contribution >= 0.6 is 0 Å². The van der Waals surface area contributed by atoms with Crippen LogP contribution in [0.1, 0.15) is 24.2 Å². The van der Waals surface area contributed by atoms with Crippen LogP contribution in [0.4, 0.5) is 11.4 Å². The Hall–Kier alpha value is -2.86. The predicted octanol–water partition coefficient (Wildman–Crippen LogP) is 3.01. The Morgan fingerprint density at radius 2 is 1.64 bits per heavy atom. The summed E-state index contributed by atoms with van der Waals surface area (Å²) in [5, 5.41) is 2.96. The van der Waals surface area contributed by atoms with Crippen LogP contribution in [-0.2, 0) is 9.53 Å². The number of para-hydroxylation sites is 2. The highest BCUT2D eigenvalue weighted by Crippen LogP contribution is 2.28. The molecule has 0 aromatic heterocycles. The summed E-state index contributed by atoms with van der Waals surface area (Å²) in [6.45, 7) is 5.62. The molecule has 1 saturated heterocycles. The Morgan fingerprint density at radius 3 is 2.32 bits per heavy atom. The van der Waals surface area contributed by atoms with Crippen molar-refractivity contribution >= 4 is 23.2 Å². The number of rotatable bonds is 5. The number of nitrogens with zero attached hydrogens (tertiary/aromatic N) is 2. The highest BCUT2D eigenvalue weighted by molar-refractivity contribution is 6.00. The molecule has 2 unspecified atom stereocenters. The van der Waals surface area contributed by atoms with Gasteiger partial charge in [-0.1, -0.05) is 30.3 Å². The van der Waals surface area contributed by atoms with Crippen LogP contribution in [0.2, 0.25) is 0 Å². The number of morpholine rings is 1. The molecule has 28 heavy (non-hydrogen) atoms. The SMILES string of the molecule is CC1CN(c2ccccc2NC(=O)CN(C)C(=O)c2ccccc2)CC(C)O1. The monoisotopic (exact) mass is 381 g/mol. The van der Waals surface area contributed by atoms with E-state index < -0.39 is 0 Å². The fourth-order valence-electron chi connectivity index (χ4n) is 3.51. The number of benzene rings is 2. The van der Waals surface area contributed by atoms with Crippen LogP contribution < -0.4 is 10.2 Å². The summed E-state index contributed by atoms with van der Waals surface area (Å²) in [6, 6.07) is 16.7. The van der Waals surface area contributed by atoms with Crippen molar-refractivity contribution in [2.75, 3.05) is 36.9 Å². The van der Waals surface area contributed by atoms with Gasteiger partial charge >= 0.3 is 0 Å². The minimum Gasteiger partial charge on any atom is -0.372 e. The first-order valence-corrected chi connectivity index (χ1v) is 9.54. The smallest absolute Gasteiger partial charge is 0.254 e. The lowest BCUT2D eigenvalue weighted by molar-refractivity contribution is -0.116. The number of hydrogen-bond acceptors (Lipinski definition) is 4. The van der Waals surface area contributed by atoms with Gasteiger partial charge in [0.25, 0.3) is 5.91 Å². The van der Waals surface area contributed by atoms with Crippen LogP contribution in [0.15, 0.2) is 54.6 Å². The van der Waals surface area contributed by atoms with Crippen molar-refractivity contribution in [1.29, 1.82) is 0 Å². The maximum Gasteiger partial charge on any atom is 0.254 e. The van der Waals surface area contributed by atoms with E-state index >= 15 is 0 Å². The van der Waals surface area contributed by atoms with Crippen molar-refractivity contribution < 1.29 is 14.3 Å². The highest BCUT2D eigenvalue weighted by atomic mass is 16.5. The van der Waals surface area contributed by atoms with Crippen LogP contribution in [0.5, 0.6) is 0 Å². The molecule has 1 N–H and O–H groups in total. The third kappa shape index (κ3) is 4.89. The second kappa shape index (κ2) is 8.89. The summed E-state index contributed by atoms with van der Waals surface area (Å²) >= 11 is 0. The largest absolute Gasteiger partial charge is 0.372 e. The van der Waals surface area contributed by atoms with Gasteiger partial charge in [-0.05, 0) is 38.1 Å². The summed E-state index contributed by atoms with van der Waals surface area (Å²) in [4.78, 5) is 28.7. The van der Waals surface area contributed by atoms with Crippen molar-refractivity contribution in [2.24, 2.45) is 0 Å². The molecule has 1 heterocycles. The van der Waals surface area contributed by atoms with E-state index in [1.54, 1.807) is 19.2 Å². The van der Waals surface area contributed by atoms with Crippen LogP contribution in [0, 0.1) is 0 Å². The summed E-state index contributed by atoms with van der Waals surface area (Å²) in [5.74, 6) is -0.409. The van der Waals surface area contributed by atoms with Gasteiger partial charge in [-0.15, -0.1) is 0 Å². The van der Waals surface area contributed by atoms with E-state index in [2.05, 4.69) is 10.2 Å². The van der Waals surface area contributed by atoms with Crippen LogP contribution in [0.25, 0.3) is 0 Å². The molecule has 148 valence electrons. The number of anilines is 2. The lowest BCUT2D eigenvalue weighted by atomic mass is 10.1. The van der Waals surface area contributed by atoms with Gasteiger partial charge in [-0.3, -0.25) is 9.59 Å². The minimum absolute atomic E-state index is 0.0159. The van der Waals surface area contributed by atoms with E-state index in [-0.39, 0.29) is 30.6 Å². The number of nitrogens with one attached hydrogen (secondary N) is 1. The first-order valence-electron chi connectivity index (χ1n) is 9.54. The number of hydrogen-bond donors (Lipinski definition) is 1. The Bertz CT molecular complexity index is 815. The molecule has 1 aliphatic rings. The lowest BCUT2D eigenvalue weighted by Crippen LogP contribution is -2.45. The van der Waals surface area contributed by atoms with E-state index in [4.69, 9.17) is 4.74 Å². The zero-order valence-corrected chi connectivity index (χ0v) is 16.6. The van der Waals surface area contributed by atoms with Crippen molar-refractivity contribution in [2.45, 2.75) is 26.1 Å². The second-order valence-corrected chi connectivity index (χ2v) is 7.25. The Labute approximate surface area is 166 Å². The van der Waals surface area contributed by atoms with Gasteiger partial charge in [0.15, 0.2) is 0 Å². The van der Waals surface area contributed by atoms with Gasteiger partial charge < -0.3 is 19.9 Å². The summed E-state index contributed by atoms with van der Waals surface area (Å²) in [7, 11) is 1.63. The first kappa shape index (κ1) is 19.9. The second-order valence-electron chi connectivity index (χ2n) is 7.25. The zero-order chi connectivity index (χ0) is 20.1. The fourth-order valence-corrected chi connectivity index (χ4v) is 3.51. The molecule has 0 bridgehead atoms. The quantitative estimate of drug-likeness (QED) is 0.865. The van der Waals surface area contributed by atoms with E-state index in [0.717, 1.165) is 24.5 Å². The van der Waals surface area contributed by atoms with Gasteiger partial charge in [-0.25, -0.2) is 0 Å². The third-order valence-corrected chi connectivity index (χ3v) is 4.69. The van der Waals surface area contributed by atoms with Gasteiger partial charge in [0, 0.05) is 25.7 Å². The van der Waals surface area contributed by atoms with E-state index in [1.807, 2.05) is 56.3 Å². The van der Waals surface area contributed by atoms with E-state index in [9.17, 15) is 9.59 Å². The molecule has 2 atom stereocenters. The van der Waals surface area contributed by atoms with Crippen molar-refractivity contribution in [1.82, 2.24) is 4.90 Å². The summed E-state index contributed by atoms with van der Waals surface area (Å²) in [6.07, 6.45) is 0.254. The van der Waals surface area contributed by atoms with Gasteiger partial charge in [0.1, 0.15) is 0 Å². The normalized spacial score (nSPS) is 19.2. The Morgan fingerprint density at radius 1 is 1.04 bits per heavy atom. The maximum absolute atomic E-state index is 12.6. The standard InChI is InChI=1S/C22H27N3O3/c1-16-13-25(14-17(2)28-16)20-12-8-7-11-19(20)23-21(26)15-24(3)22(27)18-9-5-4-6-10-18/h4-12,16-17H,13-15H2,1-3H3,(H,23,26). The number of carbonyl (C=O) groups excluding carboxylic acids is 2. The molecule has 2 aromatic carbocycles. The summed E-state index contributed by atoms with van der Waals surface area (Å²) in [5.41, 5.74) is 2.28. The van der Waals surface area contributed by atoms with Gasteiger partial charge in [0.2, 0.25) is 5.91 Å². The zero-order valence-electron chi connectivity index (χ0n) is 16.6. The first-order chi connectivity index (χ1) is 13.4. The number of amides is 2. The molecule has 2 amide bonds. The minimum atomic E-state index is -0.228. The number of ether oxygens (including phenoxy) is 1. The van der Waals surface area contributed by atoms with E-state index in [0.29, 0.717) is 5.56 Å². The van der Waals surface area contributed by atoms with Crippen molar-refractivity contribution in [3.8, 4) is 0 Å². The lowest BCUT2D eigenvalue weighted by Gasteiger charge is -2.37. The molecule has 0 saturated carbocycles. The highest BCUT2D eigenvalue weighted by Gasteiger charge is 2.24. The molecule has 1 aliphatic heterocycles. The Balaban J connectivity index is 1.67. The molecular weight excluding hydrogens is 354 g/mol. The number of carbonyl (C=O) groups is 2. The fraction of sp³-hybridized carbons (Fsp3) is 0.364. The van der Waals surface area contributed by atoms with Gasteiger partial charge in [-0.2, -0.15) is 0 Å². The molecule has 6 nitrogen and oxygen atoms in total. The predicted molar refractivity (Wildman–Crippen MR) is 111 cm³/mol. The number of likely N-dealkylation sites (N-methyl/N-ethyl adjacent to an activating group) is 1. The average molecular weight is 381 g/mol. The molecule has 3 rings (SSSR count). The molecule has 6 heteroatoms. The van der Waals surface area contributed by atoms with Crippen LogP contribution in [0.3, 0.4) is 0 Å². The molecule has 2 aromatic rings. The van der Waals surface area contributed by atoms with E-state index in [1.165, 1.54) is 4.90 Å². The van der Waals surface area contributed by atoms with Crippen LogP contribution in [-0.4, -0.2) is 55.6 Å². The Kier molecular flexibility index (Phi) is 6.31. The third-order valence-electron chi connectivity index (χ3n) is 4.69.